The number of nitrogens with zero attached hydrogens (tertiary/aromatic N) is 2. The Morgan fingerprint density at radius 2 is 1.92 bits per heavy atom. The second-order valence-corrected chi connectivity index (χ2v) is 6.89. The van der Waals surface area contributed by atoms with Gasteiger partial charge in [-0.05, 0) is 57.4 Å². The molecule has 1 aliphatic heterocycles. The number of aromatic nitrogens is 2. The van der Waals surface area contributed by atoms with E-state index in [9.17, 15) is 4.79 Å². The molecule has 1 unspecified atom stereocenters. The molecule has 1 fully saturated rings. The van der Waals surface area contributed by atoms with Gasteiger partial charge in [-0.2, -0.15) is 5.10 Å². The Morgan fingerprint density at radius 1 is 1.28 bits per heavy atom. The van der Waals surface area contributed by atoms with E-state index in [1.54, 1.807) is 0 Å². The number of benzene rings is 1. The summed E-state index contributed by atoms with van der Waals surface area (Å²) in [5, 5.41) is 7.53. The number of nitrogens with two attached hydrogens (primary N) is 1. The van der Waals surface area contributed by atoms with Gasteiger partial charge in [0.15, 0.2) is 0 Å². The second kappa shape index (κ2) is 6.98. The summed E-state index contributed by atoms with van der Waals surface area (Å²) >= 11 is 0. The van der Waals surface area contributed by atoms with Gasteiger partial charge in [0, 0.05) is 18.9 Å². The third kappa shape index (κ3) is 3.75. The highest BCUT2D eigenvalue weighted by Gasteiger charge is 2.36. The van der Waals surface area contributed by atoms with E-state index >= 15 is 0 Å². The predicted octanol–water partition coefficient (Wildman–Crippen LogP) is 2.17. The van der Waals surface area contributed by atoms with Gasteiger partial charge < -0.3 is 15.8 Å². The van der Waals surface area contributed by atoms with Crippen LogP contribution in [0.25, 0.3) is 5.69 Å². The van der Waals surface area contributed by atoms with Crippen LogP contribution in [-0.4, -0.2) is 34.4 Å². The molecule has 0 aliphatic carbocycles. The van der Waals surface area contributed by atoms with Crippen LogP contribution in [0.4, 0.5) is 0 Å². The highest BCUT2D eigenvalue weighted by atomic mass is 16.5. The first-order valence-corrected chi connectivity index (χ1v) is 8.70. The van der Waals surface area contributed by atoms with Crippen molar-refractivity contribution >= 4 is 5.91 Å². The molecule has 0 radical (unpaired) electrons. The average molecular weight is 342 g/mol. The first-order chi connectivity index (χ1) is 11.9. The smallest absolute Gasteiger partial charge is 0.240 e. The number of amides is 1. The topological polar surface area (TPSA) is 82.2 Å². The van der Waals surface area contributed by atoms with Gasteiger partial charge >= 0.3 is 0 Å². The molecule has 0 saturated carbocycles. The summed E-state index contributed by atoms with van der Waals surface area (Å²) in [4.78, 5) is 12.5. The first-order valence-electron chi connectivity index (χ1n) is 8.70. The van der Waals surface area contributed by atoms with Crippen LogP contribution >= 0.6 is 0 Å². The zero-order valence-electron chi connectivity index (χ0n) is 15.1. The van der Waals surface area contributed by atoms with E-state index < -0.39 is 5.54 Å². The molecule has 6 nitrogen and oxygen atoms in total. The minimum atomic E-state index is -0.823. The van der Waals surface area contributed by atoms with Crippen LogP contribution in [-0.2, 0) is 9.53 Å². The number of ether oxygens (including phenoxy) is 1. The molecule has 1 atom stereocenters. The Balaban J connectivity index is 1.69. The Kier molecular flexibility index (Phi) is 4.92. The third-order valence-electron chi connectivity index (χ3n) is 4.83. The molecule has 1 aliphatic rings. The molecular formula is C19H26N4O2. The highest BCUT2D eigenvalue weighted by molar-refractivity contribution is 5.86. The van der Waals surface area contributed by atoms with Gasteiger partial charge in [-0.25, -0.2) is 4.68 Å². The Labute approximate surface area is 148 Å². The maximum absolute atomic E-state index is 12.5. The number of carbonyl (C=O) groups is 1. The van der Waals surface area contributed by atoms with Gasteiger partial charge in [0.1, 0.15) is 0 Å². The molecule has 1 aromatic carbocycles. The molecule has 3 N–H and O–H groups in total. The number of nitrogens with one attached hydrogen (secondary N) is 1. The van der Waals surface area contributed by atoms with E-state index in [0.717, 1.165) is 22.6 Å². The lowest BCUT2D eigenvalue weighted by atomic mass is 9.90. The van der Waals surface area contributed by atoms with Crippen molar-refractivity contribution in [2.24, 2.45) is 5.73 Å². The van der Waals surface area contributed by atoms with Gasteiger partial charge in [0.05, 0.1) is 23.0 Å². The van der Waals surface area contributed by atoms with Crippen LogP contribution < -0.4 is 11.1 Å². The maximum atomic E-state index is 12.5. The van der Waals surface area contributed by atoms with Gasteiger partial charge in [0.25, 0.3) is 0 Å². The fourth-order valence-corrected chi connectivity index (χ4v) is 3.18. The fourth-order valence-electron chi connectivity index (χ4n) is 3.18. The summed E-state index contributed by atoms with van der Waals surface area (Å²) in [5.41, 5.74) is 9.55. The van der Waals surface area contributed by atoms with Crippen molar-refractivity contribution in [1.29, 1.82) is 0 Å². The van der Waals surface area contributed by atoms with Gasteiger partial charge in [-0.1, -0.05) is 12.1 Å². The minimum Gasteiger partial charge on any atom is -0.381 e. The summed E-state index contributed by atoms with van der Waals surface area (Å²) in [5.74, 6) is -0.106. The molecule has 2 aromatic rings. The van der Waals surface area contributed by atoms with Crippen molar-refractivity contribution in [3.63, 3.8) is 0 Å². The quantitative estimate of drug-likeness (QED) is 0.892. The van der Waals surface area contributed by atoms with E-state index in [2.05, 4.69) is 10.4 Å². The SMILES string of the molecule is Cc1cc(C)n(-c2ccc(C(C)NC(=O)C3(N)CCOCC3)cc2)n1. The van der Waals surface area contributed by atoms with Crippen LogP contribution in [0.1, 0.15) is 42.8 Å². The van der Waals surface area contributed by atoms with Crippen molar-refractivity contribution in [3.8, 4) is 5.69 Å². The van der Waals surface area contributed by atoms with E-state index in [4.69, 9.17) is 10.5 Å². The molecule has 25 heavy (non-hydrogen) atoms. The molecule has 1 aromatic heterocycles. The van der Waals surface area contributed by atoms with Crippen molar-refractivity contribution in [2.75, 3.05) is 13.2 Å². The van der Waals surface area contributed by atoms with Gasteiger partial charge in [-0.15, -0.1) is 0 Å². The molecule has 0 spiro atoms. The summed E-state index contributed by atoms with van der Waals surface area (Å²) in [6, 6.07) is 10.0. The summed E-state index contributed by atoms with van der Waals surface area (Å²) in [6.45, 7) is 7.06. The van der Waals surface area contributed by atoms with Gasteiger partial charge in [0.2, 0.25) is 5.91 Å². The normalized spacial score (nSPS) is 17.9. The summed E-state index contributed by atoms with van der Waals surface area (Å²) in [6.07, 6.45) is 1.12. The van der Waals surface area contributed by atoms with Crippen molar-refractivity contribution in [2.45, 2.75) is 45.2 Å². The van der Waals surface area contributed by atoms with E-state index in [1.165, 1.54) is 0 Å². The molecule has 0 bridgehead atoms. The molecule has 2 heterocycles. The monoisotopic (exact) mass is 342 g/mol. The summed E-state index contributed by atoms with van der Waals surface area (Å²) < 4.78 is 7.22. The van der Waals surface area contributed by atoms with Crippen LogP contribution in [0.15, 0.2) is 30.3 Å². The number of rotatable bonds is 4. The zero-order valence-corrected chi connectivity index (χ0v) is 15.1. The lowest BCUT2D eigenvalue weighted by molar-refractivity contribution is -0.130. The lowest BCUT2D eigenvalue weighted by Crippen LogP contribution is -2.57. The van der Waals surface area contributed by atoms with Crippen LogP contribution in [0, 0.1) is 13.8 Å². The number of carbonyl (C=O) groups excluding carboxylic acids is 1. The predicted molar refractivity (Wildman–Crippen MR) is 96.6 cm³/mol. The molecule has 1 amide bonds. The largest absolute Gasteiger partial charge is 0.381 e. The van der Waals surface area contributed by atoms with Crippen molar-refractivity contribution in [3.05, 3.63) is 47.3 Å². The van der Waals surface area contributed by atoms with Crippen molar-refractivity contribution < 1.29 is 9.53 Å². The molecule has 1 saturated heterocycles. The summed E-state index contributed by atoms with van der Waals surface area (Å²) in [7, 11) is 0. The van der Waals surface area contributed by atoms with E-state index in [-0.39, 0.29) is 11.9 Å². The van der Waals surface area contributed by atoms with Gasteiger partial charge in [-0.3, -0.25) is 4.79 Å². The molecule has 3 rings (SSSR count). The van der Waals surface area contributed by atoms with E-state index in [1.807, 2.05) is 55.8 Å². The number of hydrogen-bond acceptors (Lipinski definition) is 4. The van der Waals surface area contributed by atoms with Crippen molar-refractivity contribution in [1.82, 2.24) is 15.1 Å². The van der Waals surface area contributed by atoms with E-state index in [0.29, 0.717) is 26.1 Å². The molecule has 134 valence electrons. The molecule has 6 heteroatoms. The fraction of sp³-hybridized carbons (Fsp3) is 0.474. The number of hydrogen-bond donors (Lipinski definition) is 2. The van der Waals surface area contributed by atoms with Crippen LogP contribution in [0.5, 0.6) is 0 Å². The Hall–Kier alpha value is -2.18. The first kappa shape index (κ1) is 17.6. The molecular weight excluding hydrogens is 316 g/mol. The minimum absolute atomic E-state index is 0.106. The third-order valence-corrected chi connectivity index (χ3v) is 4.83. The Bertz CT molecular complexity index is 745. The standard InChI is InChI=1S/C19H26N4O2/c1-13-12-14(2)23(22-13)17-6-4-16(5-7-17)15(3)21-18(24)19(20)8-10-25-11-9-19/h4-7,12,15H,8-11,20H2,1-3H3,(H,21,24). The van der Waals surface area contributed by atoms with Crippen LogP contribution in [0.2, 0.25) is 0 Å². The second-order valence-electron chi connectivity index (χ2n) is 6.89. The Morgan fingerprint density at radius 3 is 2.48 bits per heavy atom. The highest BCUT2D eigenvalue weighted by Crippen LogP contribution is 2.21. The maximum Gasteiger partial charge on any atom is 0.240 e. The number of aryl methyl sites for hydroxylation is 2. The zero-order chi connectivity index (χ0) is 18.0. The average Bonchev–Trinajstić information content (AvgIpc) is 2.94. The lowest BCUT2D eigenvalue weighted by Gasteiger charge is -2.33. The van der Waals surface area contributed by atoms with Crippen LogP contribution in [0.3, 0.4) is 0 Å².